The Labute approximate surface area is 102 Å². The van der Waals surface area contributed by atoms with E-state index in [1.165, 1.54) is 0 Å². The summed E-state index contributed by atoms with van der Waals surface area (Å²) in [4.78, 5) is 11.8. The Bertz CT molecular complexity index is 474. The first-order valence-electron chi connectivity index (χ1n) is 5.02. The Hall–Kier alpha value is -1.35. The summed E-state index contributed by atoms with van der Waals surface area (Å²) in [6.45, 7) is 0. The highest BCUT2D eigenvalue weighted by molar-refractivity contribution is 9.10. The molecule has 0 amide bonds. The van der Waals surface area contributed by atoms with E-state index in [-0.39, 0.29) is 5.78 Å². The number of rotatable bonds is 4. The molecule has 0 unspecified atom stereocenters. The van der Waals surface area contributed by atoms with E-state index < -0.39 is 0 Å². The van der Waals surface area contributed by atoms with Gasteiger partial charge in [-0.05, 0) is 23.3 Å². The first kappa shape index (κ1) is 11.1. The molecule has 1 heterocycles. The van der Waals surface area contributed by atoms with Crippen LogP contribution >= 0.6 is 15.9 Å². The fourth-order valence-corrected chi connectivity index (χ4v) is 1.96. The molecule has 0 aliphatic rings. The normalized spacial score (nSPS) is 10.3. The topological polar surface area (TPSA) is 30.2 Å². The van der Waals surface area contributed by atoms with Crippen molar-refractivity contribution in [3.05, 3.63) is 58.5 Å². The third kappa shape index (κ3) is 2.83. The molecule has 1 aromatic carbocycles. The van der Waals surface area contributed by atoms with Crippen LogP contribution < -0.4 is 0 Å². The second-order valence-electron chi connectivity index (χ2n) is 3.62. The van der Waals surface area contributed by atoms with Gasteiger partial charge in [-0.3, -0.25) is 4.79 Å². The second-order valence-corrected chi connectivity index (χ2v) is 4.47. The molecule has 0 bridgehead atoms. The van der Waals surface area contributed by atoms with E-state index in [0.717, 1.165) is 15.6 Å². The van der Waals surface area contributed by atoms with Crippen molar-refractivity contribution < 1.29 is 9.21 Å². The number of hydrogen-bond acceptors (Lipinski definition) is 2. The van der Waals surface area contributed by atoms with Crippen molar-refractivity contribution >= 4 is 21.7 Å². The number of halogens is 1. The summed E-state index contributed by atoms with van der Waals surface area (Å²) >= 11 is 3.43. The van der Waals surface area contributed by atoms with Gasteiger partial charge in [0.2, 0.25) is 0 Å². The fourth-order valence-electron chi connectivity index (χ4n) is 1.54. The minimum Gasteiger partial charge on any atom is -0.472 e. The molecule has 0 radical (unpaired) electrons. The molecule has 0 aliphatic heterocycles. The van der Waals surface area contributed by atoms with Crippen LogP contribution in [0.2, 0.25) is 0 Å². The molecule has 16 heavy (non-hydrogen) atoms. The van der Waals surface area contributed by atoms with Gasteiger partial charge in [-0.15, -0.1) is 0 Å². The number of benzene rings is 1. The average molecular weight is 279 g/mol. The number of Topliss-reactive ketones (excluding diaryl/α,β-unsaturated/α-hetero) is 1. The van der Waals surface area contributed by atoms with Crippen molar-refractivity contribution in [2.75, 3.05) is 0 Å². The third-order valence-corrected chi connectivity index (χ3v) is 3.10. The molecular formula is C13H11BrO2. The van der Waals surface area contributed by atoms with Gasteiger partial charge in [-0.2, -0.15) is 0 Å². The lowest BCUT2D eigenvalue weighted by Crippen LogP contribution is -2.06. The molecule has 0 spiro atoms. The van der Waals surface area contributed by atoms with Gasteiger partial charge in [0.1, 0.15) is 5.78 Å². The molecule has 0 fully saturated rings. The third-order valence-electron chi connectivity index (χ3n) is 2.33. The van der Waals surface area contributed by atoms with E-state index in [1.54, 1.807) is 12.5 Å². The van der Waals surface area contributed by atoms with E-state index in [1.807, 2.05) is 30.3 Å². The van der Waals surface area contributed by atoms with Crippen LogP contribution in [0, 0.1) is 0 Å². The van der Waals surface area contributed by atoms with Crippen LogP contribution in [0.4, 0.5) is 0 Å². The largest absolute Gasteiger partial charge is 0.472 e. The van der Waals surface area contributed by atoms with E-state index in [0.29, 0.717) is 12.8 Å². The standard InChI is InChI=1S/C13H11BrO2/c14-13-4-2-1-3-11(13)8-12(15)7-10-5-6-16-9-10/h1-6,9H,7-8H2. The first-order valence-corrected chi connectivity index (χ1v) is 5.81. The van der Waals surface area contributed by atoms with Crippen LogP contribution in [0.25, 0.3) is 0 Å². The van der Waals surface area contributed by atoms with Crippen molar-refractivity contribution in [2.24, 2.45) is 0 Å². The highest BCUT2D eigenvalue weighted by Crippen LogP contribution is 2.17. The monoisotopic (exact) mass is 278 g/mol. The van der Waals surface area contributed by atoms with Crippen molar-refractivity contribution in [3.63, 3.8) is 0 Å². The summed E-state index contributed by atoms with van der Waals surface area (Å²) in [7, 11) is 0. The number of hydrogen-bond donors (Lipinski definition) is 0. The van der Waals surface area contributed by atoms with E-state index >= 15 is 0 Å². The summed E-state index contributed by atoms with van der Waals surface area (Å²) in [6, 6.07) is 9.59. The number of carbonyl (C=O) groups is 1. The Morgan fingerprint density at radius 1 is 1.19 bits per heavy atom. The Morgan fingerprint density at radius 2 is 2.00 bits per heavy atom. The van der Waals surface area contributed by atoms with Crippen molar-refractivity contribution in [1.29, 1.82) is 0 Å². The minimum atomic E-state index is 0.188. The van der Waals surface area contributed by atoms with Gasteiger partial charge < -0.3 is 4.42 Å². The first-order chi connectivity index (χ1) is 7.75. The van der Waals surface area contributed by atoms with Crippen LogP contribution in [0.15, 0.2) is 51.7 Å². The second kappa shape index (κ2) is 5.12. The fraction of sp³-hybridized carbons (Fsp3) is 0.154. The minimum absolute atomic E-state index is 0.188. The highest BCUT2D eigenvalue weighted by atomic mass is 79.9. The maximum Gasteiger partial charge on any atom is 0.141 e. The number of ketones is 1. The van der Waals surface area contributed by atoms with Crippen LogP contribution in [-0.2, 0) is 17.6 Å². The van der Waals surface area contributed by atoms with Gasteiger partial charge in [0.05, 0.1) is 12.5 Å². The lowest BCUT2D eigenvalue weighted by molar-refractivity contribution is -0.117. The van der Waals surface area contributed by atoms with Crippen molar-refractivity contribution in [3.8, 4) is 0 Å². The van der Waals surface area contributed by atoms with E-state index in [4.69, 9.17) is 4.42 Å². The molecule has 82 valence electrons. The lowest BCUT2D eigenvalue weighted by Gasteiger charge is -2.02. The van der Waals surface area contributed by atoms with Gasteiger partial charge >= 0.3 is 0 Å². The summed E-state index contributed by atoms with van der Waals surface area (Å²) in [5.74, 6) is 0.188. The van der Waals surface area contributed by atoms with Gasteiger partial charge in [0.25, 0.3) is 0 Å². The zero-order valence-electron chi connectivity index (χ0n) is 8.65. The molecule has 3 heteroatoms. The number of furan rings is 1. The zero-order chi connectivity index (χ0) is 11.4. The lowest BCUT2D eigenvalue weighted by atomic mass is 10.0. The maximum absolute atomic E-state index is 11.8. The average Bonchev–Trinajstić information content (AvgIpc) is 2.74. The van der Waals surface area contributed by atoms with Crippen molar-refractivity contribution in [1.82, 2.24) is 0 Å². The van der Waals surface area contributed by atoms with Crippen LogP contribution in [0.1, 0.15) is 11.1 Å². The summed E-state index contributed by atoms with van der Waals surface area (Å²) in [5.41, 5.74) is 1.95. The molecule has 0 atom stereocenters. The molecule has 2 nitrogen and oxygen atoms in total. The van der Waals surface area contributed by atoms with Gasteiger partial charge in [0.15, 0.2) is 0 Å². The van der Waals surface area contributed by atoms with E-state index in [9.17, 15) is 4.79 Å². The Kier molecular flexibility index (Phi) is 3.57. The molecule has 2 aromatic rings. The predicted molar refractivity (Wildman–Crippen MR) is 65.3 cm³/mol. The molecule has 2 rings (SSSR count). The zero-order valence-corrected chi connectivity index (χ0v) is 10.2. The molecule has 0 saturated heterocycles. The molecule has 0 N–H and O–H groups in total. The Balaban J connectivity index is 2.00. The smallest absolute Gasteiger partial charge is 0.141 e. The summed E-state index contributed by atoms with van der Waals surface area (Å²) in [5, 5.41) is 0. The molecule has 0 aliphatic carbocycles. The van der Waals surface area contributed by atoms with Gasteiger partial charge in [-0.25, -0.2) is 0 Å². The number of carbonyl (C=O) groups excluding carboxylic acids is 1. The van der Waals surface area contributed by atoms with Crippen LogP contribution in [0.3, 0.4) is 0 Å². The molecular weight excluding hydrogens is 268 g/mol. The highest BCUT2D eigenvalue weighted by Gasteiger charge is 2.08. The van der Waals surface area contributed by atoms with Gasteiger partial charge in [-0.1, -0.05) is 34.1 Å². The molecule has 0 saturated carbocycles. The molecule has 1 aromatic heterocycles. The quantitative estimate of drug-likeness (QED) is 0.858. The van der Waals surface area contributed by atoms with E-state index in [2.05, 4.69) is 15.9 Å². The Morgan fingerprint density at radius 3 is 2.69 bits per heavy atom. The maximum atomic E-state index is 11.8. The SMILES string of the molecule is O=C(Cc1ccoc1)Cc1ccccc1Br. The van der Waals surface area contributed by atoms with Crippen LogP contribution in [0.5, 0.6) is 0 Å². The van der Waals surface area contributed by atoms with Crippen molar-refractivity contribution in [2.45, 2.75) is 12.8 Å². The predicted octanol–water partition coefficient (Wildman–Crippen LogP) is 3.40. The summed E-state index contributed by atoms with van der Waals surface area (Å²) in [6.07, 6.45) is 4.07. The van der Waals surface area contributed by atoms with Gasteiger partial charge in [0, 0.05) is 17.3 Å². The summed E-state index contributed by atoms with van der Waals surface area (Å²) < 4.78 is 5.91. The van der Waals surface area contributed by atoms with Crippen LogP contribution in [-0.4, -0.2) is 5.78 Å².